The first-order valence-electron chi connectivity index (χ1n) is 17.9. The highest BCUT2D eigenvalue weighted by Crippen LogP contribution is 2.42. The third kappa shape index (κ3) is 12.6. The van der Waals surface area contributed by atoms with E-state index in [1.807, 2.05) is 66.9 Å². The number of carbonyl (C=O) groups excluding carboxylic acids is 2. The van der Waals surface area contributed by atoms with Crippen LogP contribution in [-0.2, 0) is 25.8 Å². The fourth-order valence-electron chi connectivity index (χ4n) is 6.34. The summed E-state index contributed by atoms with van der Waals surface area (Å²) < 4.78 is 21.2. The third-order valence-electron chi connectivity index (χ3n) is 8.70. The smallest absolute Gasteiger partial charge is 0.308 e. The van der Waals surface area contributed by atoms with E-state index >= 15 is 0 Å². The van der Waals surface area contributed by atoms with Gasteiger partial charge in [-0.1, -0.05) is 62.4 Å². The van der Waals surface area contributed by atoms with Gasteiger partial charge in [-0.25, -0.2) is 4.39 Å². The minimum atomic E-state index is -1.32. The number of benzene rings is 3. The molecule has 55 heavy (non-hydrogen) atoms. The Morgan fingerprint density at radius 3 is 2.13 bits per heavy atom. The standard InChI is InChI=1S/C39H45FN4O11/c1-26(2)37-36(39(48)41-30-13-7-4-8-14-30)35(27-11-5-3-6-12-27)38(28-16-18-29(40)19-17-28)42(37)21-20-31(45)23-32(46)24-34(47)53-25-33(55-44(51)52)15-9-10-22-54-43(49)50/h3-8,11-14,16-19,26,31-33,45-46H,9-10,15,20-25H2,1-2H3,(H,41,48)/t31-,32-,33-/m1/s1. The first kappa shape index (κ1) is 41.9. The van der Waals surface area contributed by atoms with Crippen molar-refractivity contribution in [3.8, 4) is 22.4 Å². The summed E-state index contributed by atoms with van der Waals surface area (Å²) in [6, 6.07) is 24.3. The SMILES string of the molecule is CC(C)c1c(C(=O)Nc2ccccc2)c(-c2ccccc2)c(-c2ccc(F)cc2)n1CC[C@@H](O)C[C@@H](O)CC(=O)OC[C@@H](CCCCO[N+](=O)[O-])O[N+](=O)[O-]. The molecule has 1 aromatic heterocycles. The van der Waals surface area contributed by atoms with E-state index < -0.39 is 53.3 Å². The van der Waals surface area contributed by atoms with E-state index in [2.05, 4.69) is 15.0 Å². The quantitative estimate of drug-likeness (QED) is 0.0331. The van der Waals surface area contributed by atoms with Gasteiger partial charge in [0.2, 0.25) is 0 Å². The Kier molecular flexibility index (Phi) is 15.6. The van der Waals surface area contributed by atoms with E-state index in [4.69, 9.17) is 4.74 Å². The molecule has 0 aliphatic heterocycles. The Morgan fingerprint density at radius 2 is 1.51 bits per heavy atom. The molecule has 3 aromatic carbocycles. The number of nitrogens with zero attached hydrogens (tertiary/aromatic N) is 3. The number of hydrogen-bond donors (Lipinski definition) is 3. The highest BCUT2D eigenvalue weighted by atomic mass is 19.1. The van der Waals surface area contributed by atoms with E-state index in [-0.39, 0.29) is 57.1 Å². The summed E-state index contributed by atoms with van der Waals surface area (Å²) in [5.74, 6) is -1.84. The van der Waals surface area contributed by atoms with Crippen LogP contribution in [-0.4, -0.2) is 68.4 Å². The molecule has 16 heteroatoms. The molecule has 3 N–H and O–H groups in total. The van der Waals surface area contributed by atoms with E-state index in [0.29, 0.717) is 33.8 Å². The molecule has 4 rings (SSSR count). The molecule has 0 aliphatic carbocycles. The number of nitrogens with one attached hydrogen (secondary N) is 1. The number of unbranched alkanes of at least 4 members (excludes halogenated alkanes) is 1. The van der Waals surface area contributed by atoms with Crippen molar-refractivity contribution in [2.24, 2.45) is 0 Å². The molecule has 1 amide bonds. The number of aliphatic hydroxyl groups excluding tert-OH is 2. The molecule has 0 aliphatic rings. The van der Waals surface area contributed by atoms with Crippen molar-refractivity contribution in [2.45, 2.75) is 83.1 Å². The molecule has 0 radical (unpaired) electrons. The lowest BCUT2D eigenvalue weighted by Crippen LogP contribution is -2.27. The van der Waals surface area contributed by atoms with E-state index in [1.165, 1.54) is 12.1 Å². The van der Waals surface area contributed by atoms with E-state index in [1.54, 1.807) is 24.3 Å². The Hall–Kier alpha value is -5.87. The van der Waals surface area contributed by atoms with Crippen molar-refractivity contribution in [3.05, 3.63) is 122 Å². The number of halogens is 1. The summed E-state index contributed by atoms with van der Waals surface area (Å²) in [7, 11) is 0. The van der Waals surface area contributed by atoms with E-state index in [9.17, 15) is 44.4 Å². The lowest BCUT2D eigenvalue weighted by molar-refractivity contribution is -0.769. The monoisotopic (exact) mass is 764 g/mol. The maximum atomic E-state index is 14.2. The molecule has 4 aromatic rings. The Bertz CT molecular complexity index is 1870. The minimum Gasteiger partial charge on any atom is -0.463 e. The van der Waals surface area contributed by atoms with Crippen molar-refractivity contribution >= 4 is 17.6 Å². The fourth-order valence-corrected chi connectivity index (χ4v) is 6.34. The number of esters is 1. The zero-order chi connectivity index (χ0) is 39.9. The second kappa shape index (κ2) is 20.5. The van der Waals surface area contributed by atoms with Crippen molar-refractivity contribution in [3.63, 3.8) is 0 Å². The van der Waals surface area contributed by atoms with Gasteiger partial charge in [0.25, 0.3) is 16.1 Å². The molecule has 0 unspecified atom stereocenters. The highest BCUT2D eigenvalue weighted by molar-refractivity contribution is 6.12. The van der Waals surface area contributed by atoms with Crippen molar-refractivity contribution in [1.82, 2.24) is 4.57 Å². The van der Waals surface area contributed by atoms with Crippen molar-refractivity contribution in [2.75, 3.05) is 18.5 Å². The minimum absolute atomic E-state index is 0.0515. The number of hydrogen-bond acceptors (Lipinski definition) is 11. The Labute approximate surface area is 316 Å². The Balaban J connectivity index is 1.53. The van der Waals surface area contributed by atoms with Crippen molar-refractivity contribution < 1.29 is 48.8 Å². The maximum Gasteiger partial charge on any atom is 0.308 e. The van der Waals surface area contributed by atoms with Crippen LogP contribution in [0.4, 0.5) is 10.1 Å². The zero-order valence-corrected chi connectivity index (χ0v) is 30.5. The first-order valence-corrected chi connectivity index (χ1v) is 17.9. The number of anilines is 1. The van der Waals surface area contributed by atoms with Gasteiger partial charge in [0, 0.05) is 23.5 Å². The molecule has 1 heterocycles. The molecular weight excluding hydrogens is 719 g/mol. The van der Waals surface area contributed by atoms with Crippen LogP contribution < -0.4 is 5.32 Å². The van der Waals surface area contributed by atoms with Gasteiger partial charge in [0.05, 0.1) is 36.5 Å². The predicted octanol–water partition coefficient (Wildman–Crippen LogP) is 6.73. The predicted molar refractivity (Wildman–Crippen MR) is 199 cm³/mol. The van der Waals surface area contributed by atoms with Gasteiger partial charge < -0.3 is 34.5 Å². The van der Waals surface area contributed by atoms with Gasteiger partial charge in [0.15, 0.2) is 0 Å². The van der Waals surface area contributed by atoms with Crippen LogP contribution in [0.25, 0.3) is 22.4 Å². The van der Waals surface area contributed by atoms with Crippen LogP contribution in [0.15, 0.2) is 84.9 Å². The van der Waals surface area contributed by atoms with Crippen LogP contribution >= 0.6 is 0 Å². The van der Waals surface area contributed by atoms with E-state index in [0.717, 1.165) is 5.56 Å². The van der Waals surface area contributed by atoms with Gasteiger partial charge in [-0.2, -0.15) is 0 Å². The largest absolute Gasteiger partial charge is 0.463 e. The first-order chi connectivity index (χ1) is 26.3. The molecule has 0 saturated carbocycles. The molecule has 0 bridgehead atoms. The number of aromatic nitrogens is 1. The molecule has 0 spiro atoms. The number of para-hydroxylation sites is 1. The van der Waals surface area contributed by atoms with Gasteiger partial charge >= 0.3 is 5.97 Å². The molecule has 0 saturated heterocycles. The summed E-state index contributed by atoms with van der Waals surface area (Å²) in [4.78, 5) is 56.7. The average Bonchev–Trinajstić information content (AvgIpc) is 3.49. The summed E-state index contributed by atoms with van der Waals surface area (Å²) in [5.41, 5.74) is 4.37. The number of carbonyl (C=O) groups is 2. The normalized spacial score (nSPS) is 12.8. The third-order valence-corrected chi connectivity index (χ3v) is 8.70. The zero-order valence-electron chi connectivity index (χ0n) is 30.5. The number of amides is 1. The second-order valence-electron chi connectivity index (χ2n) is 13.2. The highest BCUT2D eigenvalue weighted by Gasteiger charge is 2.31. The van der Waals surface area contributed by atoms with Gasteiger partial charge in [0.1, 0.15) is 18.5 Å². The molecule has 0 fully saturated rings. The molecule has 15 nitrogen and oxygen atoms in total. The topological polar surface area (TPSA) is 206 Å². The lowest BCUT2D eigenvalue weighted by atomic mass is 9.94. The average molecular weight is 765 g/mol. The van der Waals surface area contributed by atoms with Crippen molar-refractivity contribution in [1.29, 1.82) is 0 Å². The van der Waals surface area contributed by atoms with Gasteiger partial charge in [-0.05, 0) is 85.5 Å². The number of aliphatic hydroxyl groups is 2. The van der Waals surface area contributed by atoms with Crippen LogP contribution in [0.5, 0.6) is 0 Å². The molecule has 3 atom stereocenters. The van der Waals surface area contributed by atoms with Gasteiger partial charge in [-0.15, -0.1) is 20.2 Å². The van der Waals surface area contributed by atoms with Crippen LogP contribution in [0.1, 0.15) is 74.3 Å². The molecular formula is C39H45FN4O11. The maximum absolute atomic E-state index is 14.2. The summed E-state index contributed by atoms with van der Waals surface area (Å²) in [6.45, 7) is 3.39. The summed E-state index contributed by atoms with van der Waals surface area (Å²) in [5, 5.41) is 44.0. The summed E-state index contributed by atoms with van der Waals surface area (Å²) in [6.07, 6.45) is -3.67. The van der Waals surface area contributed by atoms with Crippen LogP contribution in [0.3, 0.4) is 0 Å². The number of ether oxygens (including phenoxy) is 1. The van der Waals surface area contributed by atoms with Gasteiger partial charge in [-0.3, -0.25) is 9.59 Å². The van der Waals surface area contributed by atoms with Crippen LogP contribution in [0.2, 0.25) is 0 Å². The fraction of sp³-hybridized carbons (Fsp3) is 0.385. The Morgan fingerprint density at radius 1 is 0.855 bits per heavy atom. The molecule has 294 valence electrons. The summed E-state index contributed by atoms with van der Waals surface area (Å²) >= 11 is 0. The van der Waals surface area contributed by atoms with Crippen LogP contribution in [0, 0.1) is 26.0 Å². The number of rotatable bonds is 22. The lowest BCUT2D eigenvalue weighted by Gasteiger charge is -2.20. The second-order valence-corrected chi connectivity index (χ2v) is 13.2.